The molecule has 1 amide bonds. The zero-order valence-corrected chi connectivity index (χ0v) is 15.2. The second kappa shape index (κ2) is 8.83. The average molecular weight is 377 g/mol. The predicted octanol–water partition coefficient (Wildman–Crippen LogP) is 3.25. The first-order valence-corrected chi connectivity index (χ1v) is 7.82. The fourth-order valence-corrected chi connectivity index (χ4v) is 2.38. The second-order valence-corrected chi connectivity index (χ2v) is 5.41. The molecule has 0 bridgehead atoms. The van der Waals surface area contributed by atoms with Crippen molar-refractivity contribution in [2.75, 3.05) is 33.3 Å². The van der Waals surface area contributed by atoms with Crippen molar-refractivity contribution in [1.82, 2.24) is 0 Å². The molecule has 2 aromatic carbocycles. The fraction of sp³-hybridized carbons (Fsp3) is 0.222. The lowest BCUT2D eigenvalue weighted by Crippen LogP contribution is -2.20. The largest absolute Gasteiger partial charge is 0.495 e. The molecule has 8 heteroatoms. The van der Waals surface area contributed by atoms with E-state index in [1.54, 1.807) is 18.2 Å². The van der Waals surface area contributed by atoms with Gasteiger partial charge in [-0.05, 0) is 18.2 Å². The Labute approximate surface area is 156 Å². The number of nitrogens with zero attached hydrogens (tertiary/aromatic N) is 1. The molecule has 0 fully saturated rings. The predicted molar refractivity (Wildman–Crippen MR) is 96.4 cm³/mol. The van der Waals surface area contributed by atoms with E-state index in [0.717, 1.165) is 0 Å². The summed E-state index contributed by atoms with van der Waals surface area (Å²) in [4.78, 5) is 12.2. The van der Waals surface area contributed by atoms with E-state index in [4.69, 9.17) is 35.8 Å². The summed E-state index contributed by atoms with van der Waals surface area (Å²) in [6, 6.07) is 9.77. The highest BCUT2D eigenvalue weighted by atomic mass is 35.5. The van der Waals surface area contributed by atoms with E-state index in [0.29, 0.717) is 39.3 Å². The normalized spacial score (nSPS) is 9.81. The van der Waals surface area contributed by atoms with Crippen LogP contribution in [0.25, 0.3) is 0 Å². The lowest BCUT2D eigenvalue weighted by molar-refractivity contribution is -0.118. The highest BCUT2D eigenvalue weighted by Crippen LogP contribution is 2.36. The molecule has 26 heavy (non-hydrogen) atoms. The summed E-state index contributed by atoms with van der Waals surface area (Å²) in [5.74, 6) is 1.12. The van der Waals surface area contributed by atoms with E-state index in [1.807, 2.05) is 6.07 Å². The van der Waals surface area contributed by atoms with Crippen LogP contribution in [0.5, 0.6) is 23.0 Å². The first-order valence-electron chi connectivity index (χ1n) is 7.44. The van der Waals surface area contributed by atoms with Crippen LogP contribution in [-0.2, 0) is 4.79 Å². The maximum atomic E-state index is 12.2. The van der Waals surface area contributed by atoms with Crippen molar-refractivity contribution in [3.8, 4) is 29.1 Å². The van der Waals surface area contributed by atoms with Crippen molar-refractivity contribution in [3.05, 3.63) is 40.9 Å². The van der Waals surface area contributed by atoms with Crippen LogP contribution in [0.15, 0.2) is 30.3 Å². The number of nitrogens with one attached hydrogen (secondary N) is 1. The summed E-state index contributed by atoms with van der Waals surface area (Å²) in [6.07, 6.45) is 0. The quantitative estimate of drug-likeness (QED) is 0.797. The van der Waals surface area contributed by atoms with Gasteiger partial charge in [0, 0.05) is 12.1 Å². The average Bonchev–Trinajstić information content (AvgIpc) is 2.66. The van der Waals surface area contributed by atoms with E-state index in [-0.39, 0.29) is 6.61 Å². The van der Waals surface area contributed by atoms with Gasteiger partial charge in [0.15, 0.2) is 18.1 Å². The maximum absolute atomic E-state index is 12.2. The number of benzene rings is 2. The van der Waals surface area contributed by atoms with Crippen LogP contribution >= 0.6 is 11.6 Å². The molecule has 0 aromatic heterocycles. The molecule has 0 aliphatic carbocycles. The molecule has 0 radical (unpaired) electrons. The summed E-state index contributed by atoms with van der Waals surface area (Å²) in [5, 5.41) is 11.9. The van der Waals surface area contributed by atoms with Crippen molar-refractivity contribution in [1.29, 1.82) is 5.26 Å². The monoisotopic (exact) mass is 376 g/mol. The van der Waals surface area contributed by atoms with E-state index in [1.165, 1.54) is 33.5 Å². The molecule has 0 aliphatic rings. The van der Waals surface area contributed by atoms with Crippen molar-refractivity contribution >= 4 is 23.2 Å². The van der Waals surface area contributed by atoms with Gasteiger partial charge in [-0.3, -0.25) is 4.79 Å². The second-order valence-electron chi connectivity index (χ2n) is 5.00. The fourth-order valence-electron chi connectivity index (χ4n) is 2.14. The minimum absolute atomic E-state index is 0.269. The number of hydrogen-bond donors (Lipinski definition) is 1. The van der Waals surface area contributed by atoms with Gasteiger partial charge in [0.1, 0.15) is 11.5 Å². The first-order chi connectivity index (χ1) is 12.5. The summed E-state index contributed by atoms with van der Waals surface area (Å²) >= 11 is 6.08. The summed E-state index contributed by atoms with van der Waals surface area (Å²) in [7, 11) is 4.40. The Morgan fingerprint density at radius 2 is 1.73 bits per heavy atom. The highest BCUT2D eigenvalue weighted by Gasteiger charge is 2.14. The van der Waals surface area contributed by atoms with E-state index in [2.05, 4.69) is 5.32 Å². The topological polar surface area (TPSA) is 89.8 Å². The molecule has 0 atom stereocenters. The van der Waals surface area contributed by atoms with Gasteiger partial charge in [-0.25, -0.2) is 0 Å². The maximum Gasteiger partial charge on any atom is 0.262 e. The van der Waals surface area contributed by atoms with Gasteiger partial charge >= 0.3 is 0 Å². The van der Waals surface area contributed by atoms with E-state index >= 15 is 0 Å². The van der Waals surface area contributed by atoms with Gasteiger partial charge in [-0.15, -0.1) is 0 Å². The van der Waals surface area contributed by atoms with Gasteiger partial charge in [-0.2, -0.15) is 5.26 Å². The van der Waals surface area contributed by atoms with Gasteiger partial charge < -0.3 is 24.3 Å². The first kappa shape index (κ1) is 19.2. The Bertz CT molecular complexity index is 848. The number of halogens is 1. The van der Waals surface area contributed by atoms with Crippen LogP contribution < -0.4 is 24.3 Å². The number of carbonyl (C=O) groups excluding carboxylic acids is 1. The number of carbonyl (C=O) groups is 1. The SMILES string of the molecule is COc1cc(OC)c(NC(=O)COc2ccc(C#N)cc2OC)cc1Cl. The number of ether oxygens (including phenoxy) is 4. The molecular weight excluding hydrogens is 360 g/mol. The molecule has 7 nitrogen and oxygen atoms in total. The minimum Gasteiger partial charge on any atom is -0.495 e. The van der Waals surface area contributed by atoms with Gasteiger partial charge in [0.05, 0.1) is 43.7 Å². The molecule has 2 rings (SSSR count). The summed E-state index contributed by atoms with van der Waals surface area (Å²) < 4.78 is 21.0. The van der Waals surface area contributed by atoms with Crippen molar-refractivity contribution in [2.24, 2.45) is 0 Å². The molecule has 0 saturated heterocycles. The number of rotatable bonds is 7. The van der Waals surface area contributed by atoms with Crippen LogP contribution in [0, 0.1) is 11.3 Å². The smallest absolute Gasteiger partial charge is 0.262 e. The lowest BCUT2D eigenvalue weighted by Gasteiger charge is -2.14. The van der Waals surface area contributed by atoms with Crippen LogP contribution in [0.4, 0.5) is 5.69 Å². The number of amides is 1. The standard InChI is InChI=1S/C18H17ClN2O5/c1-23-15-8-16(24-2)13(7-12(15)19)21-18(22)10-26-14-5-4-11(9-20)6-17(14)25-3/h4-8H,10H2,1-3H3,(H,21,22). The Morgan fingerprint density at radius 3 is 2.35 bits per heavy atom. The number of nitriles is 1. The Morgan fingerprint density at radius 1 is 1.04 bits per heavy atom. The van der Waals surface area contributed by atoms with Gasteiger partial charge in [0.2, 0.25) is 0 Å². The van der Waals surface area contributed by atoms with Gasteiger partial charge in [-0.1, -0.05) is 11.6 Å². The zero-order valence-electron chi connectivity index (χ0n) is 14.5. The van der Waals surface area contributed by atoms with Crippen LogP contribution in [0.1, 0.15) is 5.56 Å². The molecule has 0 unspecified atom stereocenters. The number of methoxy groups -OCH3 is 3. The summed E-state index contributed by atoms with van der Waals surface area (Å²) in [6.45, 7) is -0.269. The van der Waals surface area contributed by atoms with Crippen molar-refractivity contribution in [2.45, 2.75) is 0 Å². The molecule has 0 spiro atoms. The van der Waals surface area contributed by atoms with E-state index in [9.17, 15) is 4.79 Å². The van der Waals surface area contributed by atoms with E-state index < -0.39 is 5.91 Å². The Hall–Kier alpha value is -3.11. The molecule has 2 aromatic rings. The molecule has 0 saturated carbocycles. The van der Waals surface area contributed by atoms with Crippen LogP contribution in [-0.4, -0.2) is 33.8 Å². The van der Waals surface area contributed by atoms with Crippen LogP contribution in [0.3, 0.4) is 0 Å². The minimum atomic E-state index is -0.420. The third-order valence-electron chi connectivity index (χ3n) is 3.40. The lowest BCUT2D eigenvalue weighted by atomic mass is 10.2. The molecular formula is C18H17ClN2O5. The number of anilines is 1. The summed E-state index contributed by atoms with van der Waals surface area (Å²) in [5.41, 5.74) is 0.815. The Kier molecular flexibility index (Phi) is 6.53. The molecule has 1 N–H and O–H groups in total. The highest BCUT2D eigenvalue weighted by molar-refractivity contribution is 6.32. The molecule has 0 aliphatic heterocycles. The van der Waals surface area contributed by atoms with Crippen molar-refractivity contribution in [3.63, 3.8) is 0 Å². The zero-order chi connectivity index (χ0) is 19.1. The number of hydrogen-bond acceptors (Lipinski definition) is 6. The molecule has 136 valence electrons. The van der Waals surface area contributed by atoms with Crippen molar-refractivity contribution < 1.29 is 23.7 Å². The molecule has 0 heterocycles. The Balaban J connectivity index is 2.08. The van der Waals surface area contributed by atoms with Gasteiger partial charge in [0.25, 0.3) is 5.91 Å². The third kappa shape index (κ3) is 4.49. The van der Waals surface area contributed by atoms with Crippen LogP contribution in [0.2, 0.25) is 5.02 Å². The third-order valence-corrected chi connectivity index (χ3v) is 3.69.